The molecule has 0 bridgehead atoms. The third-order valence-corrected chi connectivity index (χ3v) is 26.3. The summed E-state index contributed by atoms with van der Waals surface area (Å²) < 4.78 is 31.7. The molecule has 0 radical (unpaired) electrons. The maximum Gasteiger partial charge on any atom is 0.335 e. The van der Waals surface area contributed by atoms with Gasteiger partial charge in [0.2, 0.25) is 0 Å². The zero-order chi connectivity index (χ0) is 99.0. The van der Waals surface area contributed by atoms with E-state index in [0.717, 1.165) is 208 Å². The van der Waals surface area contributed by atoms with Gasteiger partial charge in [-0.05, 0) is 204 Å². The van der Waals surface area contributed by atoms with Gasteiger partial charge in [0.15, 0.2) is 54.4 Å². The Bertz CT molecular complexity index is 6870. The predicted molar refractivity (Wildman–Crippen MR) is 546 cm³/mol. The first kappa shape index (κ1) is 102. The van der Waals surface area contributed by atoms with Crippen molar-refractivity contribution >= 4 is 155 Å². The maximum atomic E-state index is 11.2. The number of aliphatic carboxylic acids is 2. The summed E-state index contributed by atoms with van der Waals surface area (Å²) in [5.74, 6) is 2.73. The van der Waals surface area contributed by atoms with Crippen LogP contribution in [-0.2, 0) is 54.5 Å². The standard InChI is InChI=1S/C23H21N3O3S.C20H21N3O4S.2C20H21N3O3S.C19H19N3O3S/c1-4-19-13(2)24-21(17-11-20(29-3)30-12-17)26-22(19)25-18-8-7-14-9-16(23(27)28)6-5-15(14)10-18;1-5-14-11(2)21-18(13-9-17(27-4)28-10-13)23-19(14)22-15-7-6-12(20(24)25)8-16(15)26-3;1-4-16-12(2)21-19(14-10-18(26-3)27-11-14)23-20(16)22-15-7-5-13(6-8-15)9-17(24)25;1-4-15-12(2)21-20(16-9-10-18(26-3)27-16)23-19(15)22-14-7-5-13(6-8-14)11-17(24)25;1-4-14-11(2)20-18(15-9-10-16(25-3)26-15)22-17(14)21-13-7-5-12(6-8-13)19(23)24/h5-12H,4H2,1-3H3,(H,27,28)(H,24,25,26);6-10H,5H2,1-4H3,(H,24,25)(H,21,22,23);5-8,10-11H,4,9H2,1-3H3,(H,24,25)(H,21,22,23);5-10H,4,11H2,1-3H3,(H,24,25)(H,21,22,23);5-10H,4H2,1-3H3,(H,23,24)(H,20,21,22). The van der Waals surface area contributed by atoms with Gasteiger partial charge in [-0.1, -0.05) is 93.7 Å². The van der Waals surface area contributed by atoms with Crippen molar-refractivity contribution in [1.29, 1.82) is 0 Å². The van der Waals surface area contributed by atoms with Gasteiger partial charge in [-0.2, -0.15) is 0 Å². The molecule has 0 fully saturated rings. The van der Waals surface area contributed by atoms with E-state index in [2.05, 4.69) is 79.2 Å². The molecule has 0 saturated carbocycles. The quantitative estimate of drug-likeness (QED) is 0.0183. The molecule has 6 aromatic carbocycles. The van der Waals surface area contributed by atoms with Crippen LogP contribution in [0.1, 0.15) is 133 Å². The van der Waals surface area contributed by atoms with E-state index in [9.17, 15) is 34.2 Å². The number of carboxylic acids is 5. The molecule has 0 amide bonds. The minimum Gasteiger partial charge on any atom is -0.495 e. The van der Waals surface area contributed by atoms with Crippen LogP contribution in [0.15, 0.2) is 186 Å². The summed E-state index contributed by atoms with van der Waals surface area (Å²) >= 11 is 7.49. The number of hydrogen-bond acceptors (Lipinski definition) is 31. The second-order valence-corrected chi connectivity index (χ2v) is 35.3. The number of hydrogen-bond donors (Lipinski definition) is 10. The molecule has 0 spiro atoms. The average molecular weight is 1960 g/mol. The highest BCUT2D eigenvalue weighted by atomic mass is 32.1. The molecule has 0 aliphatic carbocycles. The Morgan fingerprint density at radius 2 is 0.594 bits per heavy atom. The van der Waals surface area contributed by atoms with Crippen LogP contribution in [0.3, 0.4) is 0 Å². The lowest BCUT2D eigenvalue weighted by Gasteiger charge is -2.16. The number of benzene rings is 6. The second-order valence-electron chi connectivity index (χ2n) is 30.6. The second kappa shape index (κ2) is 47.7. The highest BCUT2D eigenvalue weighted by Crippen LogP contribution is 2.40. The molecule has 10 heterocycles. The largest absolute Gasteiger partial charge is 0.495 e. The zero-order valence-corrected chi connectivity index (χ0v) is 82.7. The maximum absolute atomic E-state index is 11.2. The van der Waals surface area contributed by atoms with Crippen LogP contribution in [0, 0.1) is 34.6 Å². The van der Waals surface area contributed by atoms with Gasteiger partial charge in [-0.3, -0.25) is 9.59 Å². The molecule has 0 aliphatic heterocycles. The number of carboxylic acid groups (broad SMARTS) is 5. The van der Waals surface area contributed by atoms with E-state index < -0.39 is 29.8 Å². The van der Waals surface area contributed by atoms with E-state index in [1.165, 1.54) is 75.9 Å². The molecule has 0 atom stereocenters. The van der Waals surface area contributed by atoms with E-state index >= 15 is 0 Å². The Labute approximate surface area is 817 Å². The zero-order valence-electron chi connectivity index (χ0n) is 78.6. The molecule has 16 rings (SSSR count). The van der Waals surface area contributed by atoms with E-state index in [-0.39, 0.29) is 29.5 Å². The lowest BCUT2D eigenvalue weighted by molar-refractivity contribution is -0.137. The summed E-state index contributed by atoms with van der Waals surface area (Å²) in [6, 6.07) is 50.3. The summed E-state index contributed by atoms with van der Waals surface area (Å²) in [5, 5.41) is 73.6. The minimum atomic E-state index is -1.01. The fourth-order valence-corrected chi connectivity index (χ4v) is 18.1. The number of fused-ring (bicyclic) bond motifs is 1. The monoisotopic (exact) mass is 1950 g/mol. The summed E-state index contributed by atoms with van der Waals surface area (Å²) in [6.07, 6.45) is 3.97. The van der Waals surface area contributed by atoms with Crippen LogP contribution in [-0.4, -0.2) is 148 Å². The van der Waals surface area contributed by atoms with Gasteiger partial charge in [-0.15, -0.1) is 34.0 Å². The summed E-state index contributed by atoms with van der Waals surface area (Å²) in [7, 11) is 9.69. The van der Waals surface area contributed by atoms with Crippen LogP contribution in [0.5, 0.6) is 31.1 Å². The topological polar surface area (TPSA) is 431 Å². The average Bonchev–Trinajstić information content (AvgIpc) is 1.53. The molecule has 0 saturated heterocycles. The lowest BCUT2D eigenvalue weighted by Crippen LogP contribution is -2.06. The number of rotatable bonds is 33. The van der Waals surface area contributed by atoms with Gasteiger partial charge >= 0.3 is 29.8 Å². The highest BCUT2D eigenvalue weighted by molar-refractivity contribution is 7.17. The SMILES string of the molecule is CCc1c(C)nc(-c2ccc(OC)s2)nc1Nc1ccc(C(=O)O)cc1.CCc1c(C)nc(-c2ccc(OC)s2)nc1Nc1ccc(CC(=O)O)cc1.CCc1c(C)nc(-c2csc(OC)c2)nc1Nc1ccc(C(=O)O)cc1OC.CCc1c(C)nc(-c2csc(OC)c2)nc1Nc1ccc(CC(=O)O)cc1.CCc1c(C)nc(-c2csc(OC)c2)nc1Nc1ccc2cc(C(=O)O)ccc2c1. The minimum absolute atomic E-state index is 0.0112. The van der Waals surface area contributed by atoms with Crippen molar-refractivity contribution in [3.05, 3.63) is 270 Å². The number of methoxy groups -OCH3 is 6. The Morgan fingerprint density at radius 1 is 0.297 bits per heavy atom. The van der Waals surface area contributed by atoms with Crippen molar-refractivity contribution in [2.75, 3.05) is 69.2 Å². The van der Waals surface area contributed by atoms with Gasteiger partial charge in [0.25, 0.3) is 0 Å². The molecule has 31 nitrogen and oxygen atoms in total. The first-order valence-electron chi connectivity index (χ1n) is 43.5. The Hall–Kier alpha value is -15.4. The molecule has 16 aromatic rings. The van der Waals surface area contributed by atoms with Crippen molar-refractivity contribution in [1.82, 2.24) is 49.8 Å². The molecular formula is C102H103N15O16S5. The Balaban J connectivity index is 0.000000155. The number of nitrogens with zero attached hydrogens (tertiary/aromatic N) is 10. The van der Waals surface area contributed by atoms with Crippen molar-refractivity contribution < 1.29 is 77.9 Å². The number of thiophene rings is 5. The predicted octanol–water partition coefficient (Wildman–Crippen LogP) is 23.7. The lowest BCUT2D eigenvalue weighted by atomic mass is 10.1. The van der Waals surface area contributed by atoms with Crippen molar-refractivity contribution in [2.24, 2.45) is 0 Å². The van der Waals surface area contributed by atoms with Gasteiger partial charge in [-0.25, -0.2) is 64.2 Å². The molecule has 36 heteroatoms. The Morgan fingerprint density at radius 3 is 0.920 bits per heavy atom. The van der Waals surface area contributed by atoms with Crippen LogP contribution < -0.4 is 55.0 Å². The summed E-state index contributed by atoms with van der Waals surface area (Å²) in [6.45, 7) is 20.2. The molecular weight excluding hydrogens is 1850 g/mol. The van der Waals surface area contributed by atoms with Crippen molar-refractivity contribution in [3.8, 4) is 86.6 Å². The fraction of sp³-hybridized carbons (Fsp3) is 0.225. The summed E-state index contributed by atoms with van der Waals surface area (Å²) in [5.41, 5.74) is 18.7. The molecule has 10 N–H and O–H groups in total. The molecule has 0 aliphatic rings. The van der Waals surface area contributed by atoms with E-state index in [1.54, 1.807) is 102 Å². The molecule has 712 valence electrons. The third kappa shape index (κ3) is 26.2. The van der Waals surface area contributed by atoms with E-state index in [1.807, 2.05) is 149 Å². The Kier molecular flexibility index (Phi) is 35.1. The highest BCUT2D eigenvalue weighted by Gasteiger charge is 2.23. The first-order valence-corrected chi connectivity index (χ1v) is 47.8. The van der Waals surface area contributed by atoms with Crippen molar-refractivity contribution in [2.45, 2.75) is 114 Å². The van der Waals surface area contributed by atoms with Crippen LogP contribution in [0.4, 0.5) is 57.5 Å². The van der Waals surface area contributed by atoms with Crippen LogP contribution >= 0.6 is 56.7 Å². The van der Waals surface area contributed by atoms with Gasteiger partial charge in [0, 0.05) is 130 Å². The number of aromatic nitrogens is 10. The number of aromatic carboxylic acids is 3. The van der Waals surface area contributed by atoms with Gasteiger partial charge in [0.1, 0.15) is 34.8 Å². The normalized spacial score (nSPS) is 10.7. The molecule has 138 heavy (non-hydrogen) atoms. The number of ether oxygens (including phenoxy) is 6. The smallest absolute Gasteiger partial charge is 0.335 e. The van der Waals surface area contributed by atoms with Gasteiger partial charge < -0.3 is 80.5 Å². The number of nitrogens with one attached hydrogen (secondary N) is 5. The summed E-state index contributed by atoms with van der Waals surface area (Å²) in [4.78, 5) is 104. The first-order chi connectivity index (χ1) is 66.4. The van der Waals surface area contributed by atoms with E-state index in [4.69, 9.17) is 68.7 Å². The van der Waals surface area contributed by atoms with Crippen LogP contribution in [0.2, 0.25) is 0 Å². The molecule has 0 unspecified atom stereocenters. The van der Waals surface area contributed by atoms with E-state index in [0.29, 0.717) is 46.4 Å². The number of anilines is 10. The van der Waals surface area contributed by atoms with Crippen molar-refractivity contribution in [3.63, 3.8) is 0 Å². The van der Waals surface area contributed by atoms with Crippen LogP contribution in [0.25, 0.3) is 66.3 Å². The number of aryl methyl sites for hydroxylation is 5. The number of carbonyl (C=O) groups is 5. The molecule has 10 aromatic heterocycles. The fourth-order valence-electron chi connectivity index (χ4n) is 14.5. The third-order valence-electron chi connectivity index (χ3n) is 21.5. The van der Waals surface area contributed by atoms with Gasteiger partial charge in [0.05, 0.1) is 87.6 Å².